The molecule has 14 heavy (non-hydrogen) atoms. The molecule has 0 saturated carbocycles. The molecule has 4 nitrogen and oxygen atoms in total. The molecular formula is C10H15N3O. The van der Waals surface area contributed by atoms with Crippen LogP contribution in [0.1, 0.15) is 13.3 Å². The molecule has 2 aliphatic rings. The Morgan fingerprint density at radius 3 is 3.00 bits per heavy atom. The summed E-state index contributed by atoms with van der Waals surface area (Å²) in [5.74, 6) is -0.471. The van der Waals surface area contributed by atoms with Crippen LogP contribution in [0.15, 0.2) is 0 Å². The molecule has 3 unspecified atom stereocenters. The van der Waals surface area contributed by atoms with Crippen molar-refractivity contribution >= 4 is 5.91 Å². The van der Waals surface area contributed by atoms with Gasteiger partial charge in [0, 0.05) is 32.2 Å². The molecule has 2 aliphatic heterocycles. The first kappa shape index (κ1) is 9.47. The zero-order valence-electron chi connectivity index (χ0n) is 8.44. The lowest BCUT2D eigenvalue weighted by atomic mass is 10.1. The van der Waals surface area contributed by atoms with Gasteiger partial charge in [0.15, 0.2) is 0 Å². The Balaban J connectivity index is 2.04. The number of rotatable bonds is 1. The van der Waals surface area contributed by atoms with Gasteiger partial charge in [-0.1, -0.05) is 0 Å². The van der Waals surface area contributed by atoms with E-state index in [0.29, 0.717) is 6.04 Å². The van der Waals surface area contributed by atoms with Crippen LogP contribution < -0.4 is 0 Å². The molecule has 1 amide bonds. The summed E-state index contributed by atoms with van der Waals surface area (Å²) in [4.78, 5) is 16.1. The number of hydrogen-bond donors (Lipinski definition) is 0. The minimum Gasteiger partial charge on any atom is -0.336 e. The Morgan fingerprint density at radius 2 is 2.29 bits per heavy atom. The topological polar surface area (TPSA) is 47.3 Å². The molecular weight excluding hydrogens is 178 g/mol. The van der Waals surface area contributed by atoms with Crippen LogP contribution in [0.4, 0.5) is 0 Å². The van der Waals surface area contributed by atoms with E-state index in [1.54, 1.807) is 6.92 Å². The van der Waals surface area contributed by atoms with Gasteiger partial charge in [-0.15, -0.1) is 0 Å². The fraction of sp³-hybridized carbons (Fsp3) is 0.800. The van der Waals surface area contributed by atoms with Crippen LogP contribution in [0.5, 0.6) is 0 Å². The number of fused-ring (bicyclic) bond motifs is 2. The zero-order chi connectivity index (χ0) is 10.1. The molecule has 76 valence electrons. The lowest BCUT2D eigenvalue weighted by Crippen LogP contribution is -2.50. The summed E-state index contributed by atoms with van der Waals surface area (Å²) >= 11 is 0. The Labute approximate surface area is 84.1 Å². The van der Waals surface area contributed by atoms with Crippen molar-refractivity contribution in [3.8, 4) is 6.07 Å². The van der Waals surface area contributed by atoms with E-state index in [2.05, 4.69) is 4.90 Å². The summed E-state index contributed by atoms with van der Waals surface area (Å²) < 4.78 is 0. The normalized spacial score (nSPS) is 32.4. The quantitative estimate of drug-likeness (QED) is 0.591. The molecule has 3 atom stereocenters. The molecule has 2 saturated heterocycles. The molecule has 2 bridgehead atoms. The molecule has 0 N–H and O–H groups in total. The number of hydrogen-bond acceptors (Lipinski definition) is 3. The molecule has 0 aromatic carbocycles. The molecule has 0 aliphatic carbocycles. The van der Waals surface area contributed by atoms with E-state index in [0.717, 1.165) is 32.6 Å². The first-order valence-electron chi connectivity index (χ1n) is 5.15. The molecule has 0 radical (unpaired) electrons. The molecule has 2 rings (SSSR count). The summed E-state index contributed by atoms with van der Waals surface area (Å²) in [7, 11) is 0. The minimum atomic E-state index is -0.484. The van der Waals surface area contributed by atoms with Gasteiger partial charge in [-0.05, 0) is 13.3 Å². The van der Waals surface area contributed by atoms with Crippen molar-refractivity contribution in [2.75, 3.05) is 26.2 Å². The van der Waals surface area contributed by atoms with Crippen molar-refractivity contribution in [2.45, 2.75) is 19.4 Å². The van der Waals surface area contributed by atoms with Crippen LogP contribution in [-0.4, -0.2) is 47.9 Å². The zero-order valence-corrected chi connectivity index (χ0v) is 8.44. The second-order valence-electron chi connectivity index (χ2n) is 4.13. The SMILES string of the molecule is CC(C#N)C(=O)N1CCN2CCC1C2. The minimum absolute atomic E-state index is 0.0130. The maximum absolute atomic E-state index is 11.8. The molecule has 0 aromatic heterocycles. The Hall–Kier alpha value is -1.08. The average molecular weight is 193 g/mol. The maximum atomic E-state index is 11.8. The van der Waals surface area contributed by atoms with Gasteiger partial charge in [-0.3, -0.25) is 9.69 Å². The van der Waals surface area contributed by atoms with Crippen molar-refractivity contribution in [3.05, 3.63) is 0 Å². The van der Waals surface area contributed by atoms with Crippen LogP contribution in [0.2, 0.25) is 0 Å². The fourth-order valence-corrected chi connectivity index (χ4v) is 2.30. The summed E-state index contributed by atoms with van der Waals surface area (Å²) in [5.41, 5.74) is 0. The molecule has 4 heteroatoms. The van der Waals surface area contributed by atoms with E-state index in [-0.39, 0.29) is 5.91 Å². The van der Waals surface area contributed by atoms with E-state index < -0.39 is 5.92 Å². The largest absolute Gasteiger partial charge is 0.336 e. The number of nitriles is 1. The van der Waals surface area contributed by atoms with Gasteiger partial charge in [0.2, 0.25) is 5.91 Å². The Kier molecular flexibility index (Phi) is 2.42. The molecule has 2 fully saturated rings. The van der Waals surface area contributed by atoms with Crippen LogP contribution in [0.3, 0.4) is 0 Å². The van der Waals surface area contributed by atoms with Gasteiger partial charge in [0.25, 0.3) is 0 Å². The Bertz CT molecular complexity index is 284. The molecule has 0 spiro atoms. The van der Waals surface area contributed by atoms with Gasteiger partial charge >= 0.3 is 0 Å². The van der Waals surface area contributed by atoms with Crippen LogP contribution in [0, 0.1) is 17.2 Å². The smallest absolute Gasteiger partial charge is 0.239 e. The van der Waals surface area contributed by atoms with Crippen molar-refractivity contribution in [2.24, 2.45) is 5.92 Å². The summed E-state index contributed by atoms with van der Waals surface area (Å²) in [6.45, 7) is 5.57. The predicted octanol–water partition coefficient (Wildman–Crippen LogP) is 0.0626. The highest BCUT2D eigenvalue weighted by atomic mass is 16.2. The Morgan fingerprint density at radius 1 is 1.50 bits per heavy atom. The fourth-order valence-electron chi connectivity index (χ4n) is 2.30. The first-order valence-corrected chi connectivity index (χ1v) is 5.15. The monoisotopic (exact) mass is 193 g/mol. The third-order valence-electron chi connectivity index (χ3n) is 3.19. The second kappa shape index (κ2) is 3.58. The molecule has 2 heterocycles. The average Bonchev–Trinajstić information content (AvgIpc) is 2.59. The lowest BCUT2D eigenvalue weighted by Gasteiger charge is -2.34. The highest BCUT2D eigenvalue weighted by molar-refractivity contribution is 5.81. The van der Waals surface area contributed by atoms with Gasteiger partial charge < -0.3 is 4.90 Å². The summed E-state index contributed by atoms with van der Waals surface area (Å²) in [5, 5.41) is 8.70. The number of nitrogens with zero attached hydrogens (tertiary/aromatic N) is 3. The van der Waals surface area contributed by atoms with Gasteiger partial charge in [-0.25, -0.2) is 0 Å². The van der Waals surface area contributed by atoms with E-state index in [1.165, 1.54) is 0 Å². The van der Waals surface area contributed by atoms with Crippen molar-refractivity contribution in [3.63, 3.8) is 0 Å². The highest BCUT2D eigenvalue weighted by Gasteiger charge is 2.36. The maximum Gasteiger partial charge on any atom is 0.239 e. The molecule has 0 aromatic rings. The van der Waals surface area contributed by atoms with Gasteiger partial charge in [0.1, 0.15) is 5.92 Å². The van der Waals surface area contributed by atoms with Crippen LogP contribution in [-0.2, 0) is 4.79 Å². The van der Waals surface area contributed by atoms with Crippen molar-refractivity contribution in [1.82, 2.24) is 9.80 Å². The van der Waals surface area contributed by atoms with E-state index in [9.17, 15) is 4.79 Å². The van der Waals surface area contributed by atoms with E-state index in [1.807, 2.05) is 11.0 Å². The number of carbonyl (C=O) groups is 1. The van der Waals surface area contributed by atoms with Crippen molar-refractivity contribution < 1.29 is 4.79 Å². The number of piperazine rings is 1. The van der Waals surface area contributed by atoms with Crippen LogP contribution >= 0.6 is 0 Å². The van der Waals surface area contributed by atoms with E-state index >= 15 is 0 Å². The van der Waals surface area contributed by atoms with E-state index in [4.69, 9.17) is 5.26 Å². The third kappa shape index (κ3) is 1.48. The predicted molar refractivity (Wildman–Crippen MR) is 51.3 cm³/mol. The first-order chi connectivity index (χ1) is 6.72. The summed E-state index contributed by atoms with van der Waals surface area (Å²) in [6, 6.07) is 2.38. The third-order valence-corrected chi connectivity index (χ3v) is 3.19. The van der Waals surface area contributed by atoms with Crippen LogP contribution in [0.25, 0.3) is 0 Å². The highest BCUT2D eigenvalue weighted by Crippen LogP contribution is 2.21. The second-order valence-corrected chi connectivity index (χ2v) is 4.13. The van der Waals surface area contributed by atoms with Crippen molar-refractivity contribution in [1.29, 1.82) is 5.26 Å². The van der Waals surface area contributed by atoms with Gasteiger partial charge in [-0.2, -0.15) is 5.26 Å². The number of carbonyl (C=O) groups excluding carboxylic acids is 1. The summed E-state index contributed by atoms with van der Waals surface area (Å²) in [6.07, 6.45) is 1.07. The standard InChI is InChI=1S/C10H15N3O/c1-8(6-11)10(14)13-5-4-12-3-2-9(13)7-12/h8-9H,2-5,7H2,1H3. The van der Waals surface area contributed by atoms with Gasteiger partial charge in [0.05, 0.1) is 6.07 Å². The number of amides is 1. The lowest BCUT2D eigenvalue weighted by molar-refractivity contribution is -0.136.